The maximum Gasteiger partial charge on any atom is 0.251 e. The second-order valence-corrected chi connectivity index (χ2v) is 4.02. The Morgan fingerprint density at radius 2 is 2.47 bits per heavy atom. The van der Waals surface area contributed by atoms with E-state index in [4.69, 9.17) is 25.8 Å². The van der Waals surface area contributed by atoms with E-state index in [2.05, 4.69) is 6.58 Å². The van der Waals surface area contributed by atoms with Gasteiger partial charge in [-0.15, -0.1) is 18.2 Å². The number of hydrogen-bond donors (Lipinski definition) is 0. The van der Waals surface area contributed by atoms with E-state index in [9.17, 15) is 4.79 Å². The van der Waals surface area contributed by atoms with Gasteiger partial charge in [-0.2, -0.15) is 0 Å². The smallest absolute Gasteiger partial charge is 0.251 e. The van der Waals surface area contributed by atoms with Crippen LogP contribution in [0.1, 0.15) is 6.42 Å². The van der Waals surface area contributed by atoms with Gasteiger partial charge in [0.1, 0.15) is 0 Å². The number of hydrogen-bond acceptors (Lipinski definition) is 4. The van der Waals surface area contributed by atoms with Crippen LogP contribution in [0.2, 0.25) is 0 Å². The van der Waals surface area contributed by atoms with Crippen molar-refractivity contribution < 1.29 is 19.0 Å². The van der Waals surface area contributed by atoms with Gasteiger partial charge < -0.3 is 14.2 Å². The Kier molecular flexibility index (Phi) is 3.66. The predicted octanol–water partition coefficient (Wildman–Crippen LogP) is 1.91. The second kappa shape index (κ2) is 5.04. The summed E-state index contributed by atoms with van der Waals surface area (Å²) < 4.78 is 16.2. The zero-order chi connectivity index (χ0) is 12.3. The molecule has 1 atom stereocenters. The zero-order valence-electron chi connectivity index (χ0n) is 9.28. The van der Waals surface area contributed by atoms with E-state index in [0.29, 0.717) is 30.2 Å². The molecular weight excluding hydrogens is 244 g/mol. The number of alkyl halides is 1. The highest BCUT2D eigenvalue weighted by Gasteiger charge is 2.45. The molecular formula is C12H13ClO4. The average molecular weight is 257 g/mol. The van der Waals surface area contributed by atoms with Gasteiger partial charge in [-0.3, -0.25) is 4.79 Å². The lowest BCUT2D eigenvalue weighted by molar-refractivity contribution is -0.156. The molecule has 0 aromatic heterocycles. The minimum absolute atomic E-state index is 0.0687. The van der Waals surface area contributed by atoms with Gasteiger partial charge in [-0.25, -0.2) is 0 Å². The molecule has 0 bridgehead atoms. The van der Waals surface area contributed by atoms with Crippen molar-refractivity contribution in [1.82, 2.24) is 0 Å². The molecule has 0 aromatic rings. The highest BCUT2D eigenvalue weighted by atomic mass is 35.5. The van der Waals surface area contributed by atoms with E-state index >= 15 is 0 Å². The van der Waals surface area contributed by atoms with Crippen molar-refractivity contribution in [3.8, 4) is 0 Å². The van der Waals surface area contributed by atoms with Crippen molar-refractivity contribution in [2.45, 2.75) is 12.2 Å². The third kappa shape index (κ3) is 2.29. The van der Waals surface area contributed by atoms with Crippen LogP contribution in [0.15, 0.2) is 36.1 Å². The molecule has 92 valence electrons. The van der Waals surface area contributed by atoms with Crippen LogP contribution in [0.3, 0.4) is 0 Å². The van der Waals surface area contributed by atoms with Crippen LogP contribution in [-0.2, 0) is 19.0 Å². The van der Waals surface area contributed by atoms with Crippen LogP contribution in [-0.4, -0.2) is 30.9 Å². The number of fused-ring (bicyclic) bond motifs is 1. The Balaban J connectivity index is 2.28. The predicted molar refractivity (Wildman–Crippen MR) is 62.4 cm³/mol. The zero-order valence-corrected chi connectivity index (χ0v) is 10.0. The summed E-state index contributed by atoms with van der Waals surface area (Å²) in [5.74, 6) is -0.450. The molecule has 0 saturated carbocycles. The van der Waals surface area contributed by atoms with E-state index in [1.54, 1.807) is 12.2 Å². The Bertz CT molecular complexity index is 399. The van der Waals surface area contributed by atoms with Crippen LogP contribution in [0.5, 0.6) is 0 Å². The molecule has 1 fully saturated rings. The Hall–Kier alpha value is -1.10. The summed E-state index contributed by atoms with van der Waals surface area (Å²) in [4.78, 5) is 11.7. The number of rotatable bonds is 5. The lowest BCUT2D eigenvalue weighted by Gasteiger charge is -2.27. The summed E-state index contributed by atoms with van der Waals surface area (Å²) in [6, 6.07) is 0. The number of carbonyl (C=O) groups excluding carboxylic acids is 1. The van der Waals surface area contributed by atoms with Crippen molar-refractivity contribution in [1.29, 1.82) is 0 Å². The molecule has 5 heteroatoms. The molecule has 17 heavy (non-hydrogen) atoms. The van der Waals surface area contributed by atoms with Crippen LogP contribution in [0.25, 0.3) is 0 Å². The summed E-state index contributed by atoms with van der Waals surface area (Å²) in [6.07, 6.45) is 5.18. The van der Waals surface area contributed by atoms with Crippen LogP contribution in [0, 0.1) is 0 Å². The Labute approximate surface area is 104 Å². The SMILES string of the molecule is C=CCC1=CC2(OCCCl)OCOC2=CC1=O. The molecule has 0 amide bonds. The first kappa shape index (κ1) is 12.4. The number of halogens is 1. The number of allylic oxidation sites excluding steroid dienone is 3. The van der Waals surface area contributed by atoms with Gasteiger partial charge in [-0.05, 0) is 12.5 Å². The molecule has 0 N–H and O–H groups in total. The molecule has 1 unspecified atom stereocenters. The summed E-state index contributed by atoms with van der Waals surface area (Å²) in [7, 11) is 0. The number of carbonyl (C=O) groups is 1. The molecule has 2 rings (SSSR count). The Morgan fingerprint density at radius 3 is 3.18 bits per heavy atom. The fourth-order valence-corrected chi connectivity index (χ4v) is 1.86. The minimum Gasteiger partial charge on any atom is -0.465 e. The van der Waals surface area contributed by atoms with Gasteiger partial charge in [-0.1, -0.05) is 6.08 Å². The van der Waals surface area contributed by atoms with Gasteiger partial charge in [0.2, 0.25) is 0 Å². The van der Waals surface area contributed by atoms with Crippen molar-refractivity contribution in [2.24, 2.45) is 0 Å². The third-order valence-electron chi connectivity index (χ3n) is 2.53. The summed E-state index contributed by atoms with van der Waals surface area (Å²) >= 11 is 5.59. The van der Waals surface area contributed by atoms with Gasteiger partial charge in [0.05, 0.1) is 6.61 Å². The first-order chi connectivity index (χ1) is 8.22. The molecule has 1 aliphatic heterocycles. The van der Waals surface area contributed by atoms with E-state index in [0.717, 1.165) is 0 Å². The van der Waals surface area contributed by atoms with Crippen molar-refractivity contribution in [3.63, 3.8) is 0 Å². The van der Waals surface area contributed by atoms with Gasteiger partial charge in [0.15, 0.2) is 18.3 Å². The van der Waals surface area contributed by atoms with Crippen LogP contribution >= 0.6 is 11.6 Å². The Morgan fingerprint density at radius 1 is 1.65 bits per heavy atom. The number of ether oxygens (including phenoxy) is 3. The monoisotopic (exact) mass is 256 g/mol. The van der Waals surface area contributed by atoms with Gasteiger partial charge in [0.25, 0.3) is 5.79 Å². The average Bonchev–Trinajstić information content (AvgIpc) is 2.70. The molecule has 2 aliphatic rings. The quantitative estimate of drug-likeness (QED) is 0.557. The first-order valence-electron chi connectivity index (χ1n) is 5.27. The van der Waals surface area contributed by atoms with Crippen molar-refractivity contribution >= 4 is 17.4 Å². The fraction of sp³-hybridized carbons (Fsp3) is 0.417. The van der Waals surface area contributed by atoms with Crippen molar-refractivity contribution in [2.75, 3.05) is 19.3 Å². The molecule has 1 saturated heterocycles. The molecule has 4 nitrogen and oxygen atoms in total. The fourth-order valence-electron chi connectivity index (χ4n) is 1.78. The largest absolute Gasteiger partial charge is 0.465 e. The molecule has 1 heterocycles. The maximum absolute atomic E-state index is 11.7. The summed E-state index contributed by atoms with van der Waals surface area (Å²) in [5.41, 5.74) is 0.587. The summed E-state index contributed by atoms with van der Waals surface area (Å²) in [5, 5.41) is 0. The molecule has 1 aliphatic carbocycles. The number of ketones is 1. The highest BCUT2D eigenvalue weighted by molar-refractivity contribution is 6.18. The van der Waals surface area contributed by atoms with Gasteiger partial charge in [0, 0.05) is 17.5 Å². The van der Waals surface area contributed by atoms with E-state index in [1.165, 1.54) is 6.08 Å². The van der Waals surface area contributed by atoms with Gasteiger partial charge >= 0.3 is 0 Å². The lowest BCUT2D eigenvalue weighted by atomic mass is 9.96. The van der Waals surface area contributed by atoms with Crippen LogP contribution in [0.4, 0.5) is 0 Å². The van der Waals surface area contributed by atoms with E-state index in [-0.39, 0.29) is 12.6 Å². The maximum atomic E-state index is 11.7. The highest BCUT2D eigenvalue weighted by Crippen LogP contribution is 2.37. The normalized spacial score (nSPS) is 27.0. The standard InChI is InChI=1S/C12H13ClO4/c1-2-3-9-7-12(16-5-4-13)11(6-10(9)14)15-8-17-12/h2,6-7H,1,3-5,8H2. The molecule has 0 radical (unpaired) electrons. The summed E-state index contributed by atoms with van der Waals surface area (Å²) in [6.45, 7) is 3.99. The van der Waals surface area contributed by atoms with E-state index < -0.39 is 5.79 Å². The topological polar surface area (TPSA) is 44.8 Å². The van der Waals surface area contributed by atoms with Crippen molar-refractivity contribution in [3.05, 3.63) is 36.1 Å². The molecule has 0 spiro atoms. The second-order valence-electron chi connectivity index (χ2n) is 3.65. The lowest BCUT2D eigenvalue weighted by Crippen LogP contribution is -2.35. The molecule has 0 aromatic carbocycles. The van der Waals surface area contributed by atoms with E-state index in [1.807, 2.05) is 0 Å². The third-order valence-corrected chi connectivity index (χ3v) is 2.69. The minimum atomic E-state index is -1.08. The van der Waals surface area contributed by atoms with Crippen LogP contribution < -0.4 is 0 Å². The first-order valence-corrected chi connectivity index (χ1v) is 5.81.